The van der Waals surface area contributed by atoms with Gasteiger partial charge in [-0.1, -0.05) is 12.1 Å². The number of nitrogens with two attached hydrogens (primary N) is 1. The lowest BCUT2D eigenvalue weighted by atomic mass is 9.98. The van der Waals surface area contributed by atoms with E-state index in [0.717, 1.165) is 49.4 Å². The summed E-state index contributed by atoms with van der Waals surface area (Å²) in [5.74, 6) is 2.17. The number of hydrogen-bond acceptors (Lipinski definition) is 6. The number of aromatic nitrogens is 4. The Morgan fingerprint density at radius 3 is 2.92 bits per heavy atom. The molecule has 0 atom stereocenters. The van der Waals surface area contributed by atoms with E-state index in [1.807, 2.05) is 35.9 Å². The molecule has 0 radical (unpaired) electrons. The molecule has 0 bridgehead atoms. The summed E-state index contributed by atoms with van der Waals surface area (Å²) in [6, 6.07) is 7.86. The van der Waals surface area contributed by atoms with Crippen LogP contribution in [0.2, 0.25) is 0 Å². The topological polar surface area (TPSA) is 90.9 Å². The number of aryl methyl sites for hydroxylation is 1. The van der Waals surface area contributed by atoms with Gasteiger partial charge in [-0.25, -0.2) is 14.6 Å². The number of nitrogens with one attached hydrogen (secondary N) is 1. The number of anilines is 1. The first-order chi connectivity index (χ1) is 12.2. The third-order valence-electron chi connectivity index (χ3n) is 4.62. The Labute approximate surface area is 146 Å². The molecule has 1 aliphatic rings. The van der Waals surface area contributed by atoms with E-state index >= 15 is 0 Å². The number of rotatable bonds is 4. The Bertz CT molecular complexity index is 884. The standard InChI is InChI=1S/C18H22N6O/c1-12-3-2-4-14(9-12)25-18-15-16(19)21-11-22-17(15)24(23-18)10-13-5-7-20-8-6-13/h2-4,9,11,13,20H,5-8,10H2,1H3,(H2,19,21,22). The van der Waals surface area contributed by atoms with Crippen molar-refractivity contribution in [2.45, 2.75) is 26.3 Å². The maximum absolute atomic E-state index is 6.09. The molecule has 7 heteroatoms. The van der Waals surface area contributed by atoms with Crippen LogP contribution >= 0.6 is 0 Å². The number of hydrogen-bond donors (Lipinski definition) is 2. The summed E-state index contributed by atoms with van der Waals surface area (Å²) in [4.78, 5) is 8.51. The van der Waals surface area contributed by atoms with Crippen molar-refractivity contribution in [1.82, 2.24) is 25.1 Å². The molecule has 1 aromatic carbocycles. The molecule has 1 fully saturated rings. The molecule has 1 aliphatic heterocycles. The molecular formula is C18H22N6O. The molecule has 0 unspecified atom stereocenters. The predicted molar refractivity (Wildman–Crippen MR) is 96.6 cm³/mol. The first kappa shape index (κ1) is 15.8. The summed E-state index contributed by atoms with van der Waals surface area (Å²) < 4.78 is 7.93. The molecule has 0 saturated carbocycles. The molecule has 0 amide bonds. The van der Waals surface area contributed by atoms with Crippen LogP contribution in [-0.4, -0.2) is 32.8 Å². The van der Waals surface area contributed by atoms with E-state index in [9.17, 15) is 0 Å². The Morgan fingerprint density at radius 1 is 1.28 bits per heavy atom. The Hall–Kier alpha value is -2.67. The highest BCUT2D eigenvalue weighted by molar-refractivity contribution is 5.90. The van der Waals surface area contributed by atoms with Gasteiger partial charge in [0.05, 0.1) is 0 Å². The van der Waals surface area contributed by atoms with Crippen LogP contribution in [0.5, 0.6) is 11.6 Å². The molecule has 3 N–H and O–H groups in total. The van der Waals surface area contributed by atoms with Gasteiger partial charge >= 0.3 is 0 Å². The van der Waals surface area contributed by atoms with Gasteiger partial charge in [0, 0.05) is 6.54 Å². The molecule has 130 valence electrons. The van der Waals surface area contributed by atoms with E-state index in [4.69, 9.17) is 10.5 Å². The van der Waals surface area contributed by atoms with Crippen molar-refractivity contribution in [3.05, 3.63) is 36.2 Å². The number of benzene rings is 1. The molecule has 1 saturated heterocycles. The van der Waals surface area contributed by atoms with Gasteiger partial charge in [0.15, 0.2) is 5.65 Å². The first-order valence-corrected chi connectivity index (χ1v) is 8.63. The minimum absolute atomic E-state index is 0.393. The Morgan fingerprint density at radius 2 is 2.12 bits per heavy atom. The SMILES string of the molecule is Cc1cccc(Oc2nn(CC3CCNCC3)c3ncnc(N)c23)c1. The largest absolute Gasteiger partial charge is 0.437 e. The van der Waals surface area contributed by atoms with Crippen LogP contribution in [0.1, 0.15) is 18.4 Å². The van der Waals surface area contributed by atoms with Gasteiger partial charge in [0.2, 0.25) is 0 Å². The van der Waals surface area contributed by atoms with Crippen LogP contribution < -0.4 is 15.8 Å². The highest BCUT2D eigenvalue weighted by atomic mass is 16.5. The van der Waals surface area contributed by atoms with Crippen LogP contribution in [0.4, 0.5) is 5.82 Å². The lowest BCUT2D eigenvalue weighted by Gasteiger charge is -2.22. The molecular weight excluding hydrogens is 316 g/mol. The van der Waals surface area contributed by atoms with E-state index in [2.05, 4.69) is 20.4 Å². The maximum atomic E-state index is 6.09. The molecule has 2 aromatic heterocycles. The number of nitrogens with zero attached hydrogens (tertiary/aromatic N) is 4. The summed E-state index contributed by atoms with van der Waals surface area (Å²) in [5, 5.41) is 8.73. The summed E-state index contributed by atoms with van der Waals surface area (Å²) in [5.41, 5.74) is 7.95. The number of piperidine rings is 1. The Balaban J connectivity index is 1.70. The van der Waals surface area contributed by atoms with Gasteiger partial charge in [-0.2, -0.15) is 0 Å². The van der Waals surface area contributed by atoms with Crippen LogP contribution in [0, 0.1) is 12.8 Å². The number of fused-ring (bicyclic) bond motifs is 1. The van der Waals surface area contributed by atoms with Crippen LogP contribution in [0.3, 0.4) is 0 Å². The van der Waals surface area contributed by atoms with Gasteiger partial charge in [0.25, 0.3) is 5.88 Å². The Kier molecular flexibility index (Phi) is 4.23. The van der Waals surface area contributed by atoms with Crippen LogP contribution in [0.15, 0.2) is 30.6 Å². The van der Waals surface area contributed by atoms with E-state index in [-0.39, 0.29) is 0 Å². The molecule has 3 heterocycles. The zero-order valence-corrected chi connectivity index (χ0v) is 14.3. The maximum Gasteiger partial charge on any atom is 0.251 e. The van der Waals surface area contributed by atoms with E-state index in [1.54, 1.807) is 0 Å². The summed E-state index contributed by atoms with van der Waals surface area (Å²) >= 11 is 0. The normalized spacial score (nSPS) is 15.6. The smallest absolute Gasteiger partial charge is 0.251 e. The first-order valence-electron chi connectivity index (χ1n) is 8.63. The highest BCUT2D eigenvalue weighted by Gasteiger charge is 2.21. The average molecular weight is 338 g/mol. The highest BCUT2D eigenvalue weighted by Crippen LogP contribution is 2.32. The minimum Gasteiger partial charge on any atom is -0.437 e. The van der Waals surface area contributed by atoms with Crippen molar-refractivity contribution < 1.29 is 4.74 Å². The average Bonchev–Trinajstić information content (AvgIpc) is 2.95. The van der Waals surface area contributed by atoms with E-state index in [1.165, 1.54) is 6.33 Å². The van der Waals surface area contributed by atoms with Gasteiger partial charge in [0.1, 0.15) is 23.3 Å². The van der Waals surface area contributed by atoms with Gasteiger partial charge in [-0.3, -0.25) is 0 Å². The molecule has 0 aliphatic carbocycles. The van der Waals surface area contributed by atoms with E-state index in [0.29, 0.717) is 23.0 Å². The lowest BCUT2D eigenvalue weighted by molar-refractivity contribution is 0.320. The van der Waals surface area contributed by atoms with Crippen molar-refractivity contribution in [2.24, 2.45) is 5.92 Å². The monoisotopic (exact) mass is 338 g/mol. The van der Waals surface area contributed by atoms with Crippen LogP contribution in [0.25, 0.3) is 11.0 Å². The summed E-state index contributed by atoms with van der Waals surface area (Å²) in [6.07, 6.45) is 3.75. The van der Waals surface area contributed by atoms with E-state index < -0.39 is 0 Å². The second-order valence-electron chi connectivity index (χ2n) is 6.56. The van der Waals surface area contributed by atoms with Crippen LogP contribution in [-0.2, 0) is 6.54 Å². The fraction of sp³-hybridized carbons (Fsp3) is 0.389. The lowest BCUT2D eigenvalue weighted by Crippen LogP contribution is -2.30. The van der Waals surface area contributed by atoms with Gasteiger partial charge < -0.3 is 15.8 Å². The number of nitrogen functional groups attached to an aromatic ring is 1. The minimum atomic E-state index is 0.393. The van der Waals surface area contributed by atoms with Crippen molar-refractivity contribution in [3.63, 3.8) is 0 Å². The van der Waals surface area contributed by atoms with Crippen molar-refractivity contribution in [3.8, 4) is 11.6 Å². The zero-order valence-electron chi connectivity index (χ0n) is 14.3. The molecule has 25 heavy (non-hydrogen) atoms. The third-order valence-corrected chi connectivity index (χ3v) is 4.62. The van der Waals surface area contributed by atoms with Crippen molar-refractivity contribution in [2.75, 3.05) is 18.8 Å². The van der Waals surface area contributed by atoms with Crippen molar-refractivity contribution in [1.29, 1.82) is 0 Å². The fourth-order valence-electron chi connectivity index (χ4n) is 3.30. The quantitative estimate of drug-likeness (QED) is 0.759. The number of ether oxygens (including phenoxy) is 1. The molecule has 7 nitrogen and oxygen atoms in total. The second kappa shape index (κ2) is 6.68. The third kappa shape index (κ3) is 3.28. The molecule has 4 rings (SSSR count). The summed E-state index contributed by atoms with van der Waals surface area (Å²) in [7, 11) is 0. The second-order valence-corrected chi connectivity index (χ2v) is 6.56. The van der Waals surface area contributed by atoms with Gasteiger partial charge in [-0.15, -0.1) is 5.10 Å². The zero-order chi connectivity index (χ0) is 17.2. The molecule has 0 spiro atoms. The van der Waals surface area contributed by atoms with Crippen molar-refractivity contribution >= 4 is 16.9 Å². The predicted octanol–water partition coefficient (Wildman–Crippen LogP) is 2.51. The van der Waals surface area contributed by atoms with Gasteiger partial charge in [-0.05, 0) is 56.5 Å². The fourth-order valence-corrected chi connectivity index (χ4v) is 3.30. The summed E-state index contributed by atoms with van der Waals surface area (Å²) in [6.45, 7) is 4.94. The molecule has 3 aromatic rings.